The largest absolute Gasteiger partial charge is 0.464 e. The van der Waals surface area contributed by atoms with Crippen LogP contribution < -0.4 is 5.32 Å². The molecule has 19 heavy (non-hydrogen) atoms. The monoisotopic (exact) mass is 265 g/mol. The zero-order valence-corrected chi connectivity index (χ0v) is 12.1. The summed E-state index contributed by atoms with van der Waals surface area (Å²) in [5.74, 6) is -0.315. The Balaban J connectivity index is 3.09. The van der Waals surface area contributed by atoms with E-state index in [1.54, 1.807) is 14.0 Å². The van der Waals surface area contributed by atoms with Gasteiger partial charge in [-0.25, -0.2) is 4.79 Å². The first kappa shape index (κ1) is 15.7. The van der Waals surface area contributed by atoms with Crippen molar-refractivity contribution in [3.63, 3.8) is 0 Å². The van der Waals surface area contributed by atoms with Crippen molar-refractivity contribution in [1.29, 1.82) is 0 Å². The number of carbonyl (C=O) groups is 1. The third kappa shape index (κ3) is 3.78. The molecule has 4 heteroatoms. The number of esters is 1. The minimum absolute atomic E-state index is 0.0471. The lowest BCUT2D eigenvalue weighted by atomic mass is 9.90. The first-order valence-corrected chi connectivity index (χ1v) is 6.60. The number of likely N-dealkylation sites (N-methyl/N-ethyl adjacent to an activating group) is 1. The zero-order valence-electron chi connectivity index (χ0n) is 12.1. The Hall–Kier alpha value is -1.39. The van der Waals surface area contributed by atoms with Crippen LogP contribution in [-0.2, 0) is 19.8 Å². The van der Waals surface area contributed by atoms with E-state index < -0.39 is 5.54 Å². The number of benzene rings is 1. The van der Waals surface area contributed by atoms with Gasteiger partial charge in [-0.2, -0.15) is 0 Å². The second-order valence-electron chi connectivity index (χ2n) is 4.60. The fraction of sp³-hybridized carbons (Fsp3) is 0.533. The maximum atomic E-state index is 12.3. The van der Waals surface area contributed by atoms with Crippen molar-refractivity contribution in [1.82, 2.24) is 5.32 Å². The molecule has 4 nitrogen and oxygen atoms in total. The molecule has 0 aliphatic heterocycles. The molecule has 0 fully saturated rings. The first-order chi connectivity index (χ1) is 9.06. The van der Waals surface area contributed by atoms with E-state index in [1.165, 1.54) is 0 Å². The van der Waals surface area contributed by atoms with Crippen LogP contribution in [-0.4, -0.2) is 32.3 Å². The number of nitrogens with one attached hydrogen (secondary N) is 1. The molecular weight excluding hydrogens is 242 g/mol. The Morgan fingerprint density at radius 1 is 1.32 bits per heavy atom. The molecule has 1 rings (SSSR count). The highest BCUT2D eigenvalue weighted by Gasteiger charge is 2.41. The van der Waals surface area contributed by atoms with Crippen molar-refractivity contribution in [3.8, 4) is 0 Å². The maximum absolute atomic E-state index is 12.3. The average molecular weight is 265 g/mol. The summed E-state index contributed by atoms with van der Waals surface area (Å²) in [5, 5.41) is 3.07. The van der Waals surface area contributed by atoms with E-state index in [2.05, 4.69) is 5.32 Å². The Morgan fingerprint density at radius 3 is 2.42 bits per heavy atom. The number of rotatable bonds is 7. The van der Waals surface area contributed by atoms with E-state index in [0.29, 0.717) is 6.61 Å². The third-order valence-corrected chi connectivity index (χ3v) is 2.95. The number of hydrogen-bond acceptors (Lipinski definition) is 4. The summed E-state index contributed by atoms with van der Waals surface area (Å²) in [7, 11) is 1.74. The van der Waals surface area contributed by atoms with Crippen LogP contribution in [0.1, 0.15) is 26.3 Å². The second-order valence-corrected chi connectivity index (χ2v) is 4.60. The van der Waals surface area contributed by atoms with Gasteiger partial charge in [-0.15, -0.1) is 0 Å². The Kier molecular flexibility index (Phi) is 5.99. The van der Waals surface area contributed by atoms with Crippen LogP contribution in [0.2, 0.25) is 0 Å². The number of carbonyl (C=O) groups excluding carboxylic acids is 1. The van der Waals surface area contributed by atoms with Gasteiger partial charge in [0, 0.05) is 0 Å². The van der Waals surface area contributed by atoms with E-state index in [-0.39, 0.29) is 18.7 Å². The smallest absolute Gasteiger partial charge is 0.333 e. The lowest BCUT2D eigenvalue weighted by molar-refractivity contribution is -0.155. The molecule has 1 unspecified atom stereocenters. The van der Waals surface area contributed by atoms with E-state index >= 15 is 0 Å². The van der Waals surface area contributed by atoms with E-state index in [4.69, 9.17) is 9.47 Å². The summed E-state index contributed by atoms with van der Waals surface area (Å²) in [6, 6.07) is 9.51. The fourth-order valence-corrected chi connectivity index (χ4v) is 1.85. The van der Waals surface area contributed by atoms with Crippen LogP contribution in [0.3, 0.4) is 0 Å². The molecule has 0 aromatic heterocycles. The summed E-state index contributed by atoms with van der Waals surface area (Å²) >= 11 is 0. The second kappa shape index (κ2) is 7.26. The quantitative estimate of drug-likeness (QED) is 0.767. The van der Waals surface area contributed by atoms with Gasteiger partial charge in [-0.1, -0.05) is 30.3 Å². The molecule has 0 saturated heterocycles. The van der Waals surface area contributed by atoms with Crippen molar-refractivity contribution < 1.29 is 14.3 Å². The van der Waals surface area contributed by atoms with Crippen LogP contribution >= 0.6 is 0 Å². The minimum Gasteiger partial charge on any atom is -0.464 e. The molecule has 1 aromatic rings. The van der Waals surface area contributed by atoms with Gasteiger partial charge in [0.15, 0.2) is 5.54 Å². The van der Waals surface area contributed by atoms with E-state index in [9.17, 15) is 4.79 Å². The van der Waals surface area contributed by atoms with Gasteiger partial charge in [-0.3, -0.25) is 5.32 Å². The molecule has 0 amide bonds. The molecule has 0 spiro atoms. The summed E-state index contributed by atoms with van der Waals surface area (Å²) in [4.78, 5) is 12.3. The predicted octanol–water partition coefficient (Wildman–Crippen LogP) is 2.09. The molecule has 1 aromatic carbocycles. The summed E-state index contributed by atoms with van der Waals surface area (Å²) < 4.78 is 10.9. The lowest BCUT2D eigenvalue weighted by Gasteiger charge is -2.32. The van der Waals surface area contributed by atoms with Gasteiger partial charge in [0.2, 0.25) is 0 Å². The molecule has 1 atom stereocenters. The Morgan fingerprint density at radius 2 is 1.95 bits per heavy atom. The van der Waals surface area contributed by atoms with Crippen molar-refractivity contribution in [2.24, 2.45) is 0 Å². The Labute approximate surface area is 115 Å². The van der Waals surface area contributed by atoms with Crippen LogP contribution in [0.5, 0.6) is 0 Å². The molecule has 0 heterocycles. The summed E-state index contributed by atoms with van der Waals surface area (Å²) in [5.41, 5.74) is -0.113. The highest BCUT2D eigenvalue weighted by Crippen LogP contribution is 2.24. The molecule has 0 aliphatic rings. The van der Waals surface area contributed by atoms with Crippen LogP contribution in [0.15, 0.2) is 30.3 Å². The zero-order chi connectivity index (χ0) is 14.3. The van der Waals surface area contributed by atoms with Crippen molar-refractivity contribution in [2.45, 2.75) is 32.4 Å². The minimum atomic E-state index is -0.957. The van der Waals surface area contributed by atoms with Crippen molar-refractivity contribution in [3.05, 3.63) is 35.9 Å². The van der Waals surface area contributed by atoms with Gasteiger partial charge in [-0.05, 0) is 33.4 Å². The summed E-state index contributed by atoms with van der Waals surface area (Å²) in [6.45, 7) is 6.26. The SMILES string of the molecule is CCOC(=O)C(COC(C)C)(NC)c1ccccc1. The van der Waals surface area contributed by atoms with Crippen LogP contribution in [0.4, 0.5) is 0 Å². The predicted molar refractivity (Wildman–Crippen MR) is 74.9 cm³/mol. The van der Waals surface area contributed by atoms with Gasteiger partial charge in [0.05, 0.1) is 19.3 Å². The topological polar surface area (TPSA) is 47.6 Å². The molecule has 0 radical (unpaired) electrons. The third-order valence-electron chi connectivity index (χ3n) is 2.95. The number of ether oxygens (including phenoxy) is 2. The van der Waals surface area contributed by atoms with Crippen molar-refractivity contribution >= 4 is 5.97 Å². The number of hydrogen-bond donors (Lipinski definition) is 1. The van der Waals surface area contributed by atoms with Gasteiger partial charge in [0.1, 0.15) is 0 Å². The lowest BCUT2D eigenvalue weighted by Crippen LogP contribution is -2.52. The molecule has 1 N–H and O–H groups in total. The summed E-state index contributed by atoms with van der Waals surface area (Å²) in [6.07, 6.45) is 0.0471. The highest BCUT2D eigenvalue weighted by atomic mass is 16.5. The molecule has 0 saturated carbocycles. The van der Waals surface area contributed by atoms with Gasteiger partial charge >= 0.3 is 5.97 Å². The van der Waals surface area contributed by atoms with Gasteiger partial charge < -0.3 is 9.47 Å². The first-order valence-electron chi connectivity index (χ1n) is 6.60. The normalized spacial score (nSPS) is 14.2. The molecule has 0 bridgehead atoms. The van der Waals surface area contributed by atoms with Gasteiger partial charge in [0.25, 0.3) is 0 Å². The Bertz CT molecular complexity index is 392. The fourth-order valence-electron chi connectivity index (χ4n) is 1.85. The molecule has 0 aliphatic carbocycles. The molecule has 106 valence electrons. The van der Waals surface area contributed by atoms with Crippen LogP contribution in [0.25, 0.3) is 0 Å². The average Bonchev–Trinajstić information content (AvgIpc) is 2.41. The van der Waals surface area contributed by atoms with E-state index in [0.717, 1.165) is 5.56 Å². The van der Waals surface area contributed by atoms with Crippen LogP contribution in [0, 0.1) is 0 Å². The standard InChI is InChI=1S/C15H23NO3/c1-5-18-14(17)15(16-4,11-19-12(2)3)13-9-7-6-8-10-13/h6-10,12,16H,5,11H2,1-4H3. The van der Waals surface area contributed by atoms with E-state index in [1.807, 2.05) is 44.2 Å². The highest BCUT2D eigenvalue weighted by molar-refractivity contribution is 5.83. The maximum Gasteiger partial charge on any atom is 0.333 e. The molecular formula is C15H23NO3. The van der Waals surface area contributed by atoms with Crippen molar-refractivity contribution in [2.75, 3.05) is 20.3 Å².